The van der Waals surface area contributed by atoms with Gasteiger partial charge < -0.3 is 14.8 Å². The smallest absolute Gasteiger partial charge is 0.142 e. The number of hydrogen-bond donors (Lipinski definition) is 1. The van der Waals surface area contributed by atoms with Gasteiger partial charge in [0.15, 0.2) is 0 Å². The van der Waals surface area contributed by atoms with Gasteiger partial charge in [-0.25, -0.2) is 0 Å². The van der Waals surface area contributed by atoms with Crippen LogP contribution in [0.15, 0.2) is 42.6 Å². The van der Waals surface area contributed by atoms with Crippen molar-refractivity contribution in [2.45, 2.75) is 6.92 Å². The maximum atomic E-state index is 9.45. The summed E-state index contributed by atoms with van der Waals surface area (Å²) in [6.07, 6.45) is 1.56. The first-order chi connectivity index (χ1) is 11.7. The molecule has 0 fully saturated rings. The van der Waals surface area contributed by atoms with Gasteiger partial charge in [0.1, 0.15) is 17.6 Å². The summed E-state index contributed by atoms with van der Waals surface area (Å²) >= 11 is 0. The molecule has 0 amide bonds. The van der Waals surface area contributed by atoms with Crippen LogP contribution in [0, 0.1) is 18.3 Å². The molecule has 0 unspecified atom stereocenters. The van der Waals surface area contributed by atoms with Crippen LogP contribution in [0.2, 0.25) is 0 Å². The second kappa shape index (κ2) is 6.47. The Labute approximate surface area is 140 Å². The maximum Gasteiger partial charge on any atom is 0.142 e. The minimum Gasteiger partial charge on any atom is -0.497 e. The van der Waals surface area contributed by atoms with Gasteiger partial charge in [-0.1, -0.05) is 6.07 Å². The Morgan fingerprint density at radius 3 is 2.62 bits per heavy atom. The number of rotatable bonds is 4. The van der Waals surface area contributed by atoms with E-state index in [1.807, 2.05) is 43.3 Å². The van der Waals surface area contributed by atoms with Gasteiger partial charge in [0.2, 0.25) is 0 Å². The van der Waals surface area contributed by atoms with Crippen LogP contribution in [-0.2, 0) is 0 Å². The molecule has 2 aromatic carbocycles. The van der Waals surface area contributed by atoms with Crippen LogP contribution in [0.1, 0.15) is 11.1 Å². The Kier molecular flexibility index (Phi) is 4.21. The van der Waals surface area contributed by atoms with Crippen molar-refractivity contribution in [3.05, 3.63) is 53.7 Å². The molecule has 1 aromatic heterocycles. The fourth-order valence-corrected chi connectivity index (χ4v) is 2.57. The molecule has 3 aromatic rings. The van der Waals surface area contributed by atoms with E-state index in [1.54, 1.807) is 20.4 Å². The highest BCUT2D eigenvalue weighted by atomic mass is 16.5. The Bertz CT molecular complexity index is 945. The average molecular weight is 319 g/mol. The summed E-state index contributed by atoms with van der Waals surface area (Å²) in [4.78, 5) is 4.35. The number of aromatic nitrogens is 1. The van der Waals surface area contributed by atoms with Gasteiger partial charge in [0.05, 0.1) is 36.7 Å². The van der Waals surface area contributed by atoms with Crippen molar-refractivity contribution in [1.29, 1.82) is 5.26 Å². The van der Waals surface area contributed by atoms with Crippen molar-refractivity contribution >= 4 is 22.3 Å². The molecule has 5 nitrogen and oxygen atoms in total. The topological polar surface area (TPSA) is 67.2 Å². The number of methoxy groups -OCH3 is 2. The second-order valence-corrected chi connectivity index (χ2v) is 5.37. The van der Waals surface area contributed by atoms with Crippen molar-refractivity contribution in [1.82, 2.24) is 4.98 Å². The van der Waals surface area contributed by atoms with Gasteiger partial charge in [0, 0.05) is 17.6 Å². The number of hydrogen-bond acceptors (Lipinski definition) is 5. The molecule has 24 heavy (non-hydrogen) atoms. The van der Waals surface area contributed by atoms with Crippen LogP contribution in [0.4, 0.5) is 11.4 Å². The average Bonchev–Trinajstić information content (AvgIpc) is 2.61. The van der Waals surface area contributed by atoms with E-state index < -0.39 is 0 Å². The van der Waals surface area contributed by atoms with Gasteiger partial charge in [-0.15, -0.1) is 0 Å². The van der Waals surface area contributed by atoms with Crippen LogP contribution in [0.25, 0.3) is 10.9 Å². The minimum absolute atomic E-state index is 0.469. The first-order valence-electron chi connectivity index (χ1n) is 7.44. The second-order valence-electron chi connectivity index (χ2n) is 5.37. The van der Waals surface area contributed by atoms with E-state index in [4.69, 9.17) is 9.47 Å². The zero-order valence-corrected chi connectivity index (χ0v) is 13.8. The summed E-state index contributed by atoms with van der Waals surface area (Å²) < 4.78 is 10.7. The van der Waals surface area contributed by atoms with Gasteiger partial charge in [-0.05, 0) is 36.8 Å². The van der Waals surface area contributed by atoms with Crippen molar-refractivity contribution in [3.63, 3.8) is 0 Å². The number of benzene rings is 2. The van der Waals surface area contributed by atoms with E-state index >= 15 is 0 Å². The number of pyridine rings is 1. The Balaban J connectivity index is 2.18. The molecule has 3 rings (SSSR count). The fraction of sp³-hybridized carbons (Fsp3) is 0.158. The molecule has 0 radical (unpaired) electrons. The van der Waals surface area contributed by atoms with Gasteiger partial charge in [-0.3, -0.25) is 4.98 Å². The summed E-state index contributed by atoms with van der Waals surface area (Å²) in [5.74, 6) is 1.43. The monoisotopic (exact) mass is 319 g/mol. The lowest BCUT2D eigenvalue weighted by molar-refractivity contribution is 0.415. The van der Waals surface area contributed by atoms with Crippen LogP contribution in [0.5, 0.6) is 11.5 Å². The molecular weight excluding hydrogens is 302 g/mol. The third-order valence-corrected chi connectivity index (χ3v) is 3.81. The lowest BCUT2D eigenvalue weighted by Gasteiger charge is -2.15. The van der Waals surface area contributed by atoms with Crippen LogP contribution < -0.4 is 14.8 Å². The molecule has 0 spiro atoms. The standard InChI is InChI=1S/C19H17N3O2/c1-12-4-7-18(24-3)17(8-12)22-19-13(10-20)11-21-16-9-14(23-2)5-6-15(16)19/h4-9,11H,1-3H3,(H,21,22). The molecule has 0 aliphatic rings. The largest absolute Gasteiger partial charge is 0.497 e. The zero-order chi connectivity index (χ0) is 17.1. The molecule has 0 atom stereocenters. The highest BCUT2D eigenvalue weighted by Crippen LogP contribution is 2.34. The number of nitrogens with zero attached hydrogens (tertiary/aromatic N) is 2. The first-order valence-corrected chi connectivity index (χ1v) is 7.44. The van der Waals surface area contributed by atoms with Crippen LogP contribution in [-0.4, -0.2) is 19.2 Å². The van der Waals surface area contributed by atoms with Gasteiger partial charge >= 0.3 is 0 Å². The van der Waals surface area contributed by atoms with E-state index in [0.717, 1.165) is 27.9 Å². The minimum atomic E-state index is 0.469. The van der Waals surface area contributed by atoms with Crippen molar-refractivity contribution in [3.8, 4) is 17.6 Å². The molecule has 0 bridgehead atoms. The number of ether oxygens (including phenoxy) is 2. The van der Waals surface area contributed by atoms with E-state index in [-0.39, 0.29) is 0 Å². The number of nitrogens with one attached hydrogen (secondary N) is 1. The summed E-state index contributed by atoms with van der Waals surface area (Å²) in [6.45, 7) is 2.01. The lowest BCUT2D eigenvalue weighted by Crippen LogP contribution is -1.99. The SMILES string of the molecule is COc1ccc2c(Nc3cc(C)ccc3OC)c(C#N)cnc2c1. The zero-order valence-electron chi connectivity index (χ0n) is 13.8. The number of aryl methyl sites for hydroxylation is 1. The molecule has 1 heterocycles. The Morgan fingerprint density at radius 1 is 1.08 bits per heavy atom. The molecule has 0 aliphatic carbocycles. The predicted octanol–water partition coefficient (Wildman–Crippen LogP) is 4.18. The van der Waals surface area contributed by atoms with E-state index in [9.17, 15) is 5.26 Å². The van der Waals surface area contributed by atoms with Crippen molar-refractivity contribution < 1.29 is 9.47 Å². The number of anilines is 2. The molecule has 0 saturated carbocycles. The summed E-state index contributed by atoms with van der Waals surface area (Å²) in [5.41, 5.74) is 3.82. The van der Waals surface area contributed by atoms with Gasteiger partial charge in [0.25, 0.3) is 0 Å². The number of fused-ring (bicyclic) bond motifs is 1. The summed E-state index contributed by atoms with van der Waals surface area (Å²) in [6, 6.07) is 13.6. The van der Waals surface area contributed by atoms with E-state index in [1.165, 1.54) is 0 Å². The predicted molar refractivity (Wildman–Crippen MR) is 94.0 cm³/mol. The first kappa shape index (κ1) is 15.6. The third-order valence-electron chi connectivity index (χ3n) is 3.81. The third kappa shape index (κ3) is 2.82. The molecule has 0 saturated heterocycles. The maximum absolute atomic E-state index is 9.45. The summed E-state index contributed by atoms with van der Waals surface area (Å²) in [7, 11) is 3.23. The highest BCUT2D eigenvalue weighted by Gasteiger charge is 2.12. The van der Waals surface area contributed by atoms with Crippen molar-refractivity contribution in [2.75, 3.05) is 19.5 Å². The summed E-state index contributed by atoms with van der Waals surface area (Å²) in [5, 5.41) is 13.6. The Morgan fingerprint density at radius 2 is 1.92 bits per heavy atom. The number of nitriles is 1. The Hall–Kier alpha value is -3.26. The van der Waals surface area contributed by atoms with E-state index in [2.05, 4.69) is 16.4 Å². The lowest BCUT2D eigenvalue weighted by atomic mass is 10.1. The molecule has 5 heteroatoms. The molecule has 0 aliphatic heterocycles. The molecular formula is C19H17N3O2. The van der Waals surface area contributed by atoms with Crippen LogP contribution >= 0.6 is 0 Å². The highest BCUT2D eigenvalue weighted by molar-refractivity contribution is 5.96. The van der Waals surface area contributed by atoms with Gasteiger partial charge in [-0.2, -0.15) is 5.26 Å². The van der Waals surface area contributed by atoms with Crippen molar-refractivity contribution in [2.24, 2.45) is 0 Å². The van der Waals surface area contributed by atoms with Crippen LogP contribution in [0.3, 0.4) is 0 Å². The van der Waals surface area contributed by atoms with E-state index in [0.29, 0.717) is 17.0 Å². The fourth-order valence-electron chi connectivity index (χ4n) is 2.57. The quantitative estimate of drug-likeness (QED) is 0.781. The normalized spacial score (nSPS) is 10.2. The molecule has 120 valence electrons. The molecule has 1 N–H and O–H groups in total.